The average Bonchev–Trinajstić information content (AvgIpc) is 2.07. The first-order valence-electron chi connectivity index (χ1n) is 3.98. The molecule has 10 heteroatoms. The summed E-state index contributed by atoms with van der Waals surface area (Å²) in [4.78, 5) is 0. The fourth-order valence-corrected chi connectivity index (χ4v) is 2.36. The molecule has 8 nitrogen and oxygen atoms in total. The molecule has 0 saturated carbocycles. The largest absolute Gasteiger partial charge is 0.323 e. The summed E-state index contributed by atoms with van der Waals surface area (Å²) in [7, 11) is -6.78. The van der Waals surface area contributed by atoms with Crippen molar-refractivity contribution in [3.8, 4) is 0 Å². The van der Waals surface area contributed by atoms with Gasteiger partial charge in [-0.15, -0.1) is 0 Å². The fourth-order valence-electron chi connectivity index (χ4n) is 0.887. The van der Waals surface area contributed by atoms with Gasteiger partial charge in [0, 0.05) is 12.5 Å². The topological polar surface area (TPSA) is 145 Å². The summed E-state index contributed by atoms with van der Waals surface area (Å²) < 4.78 is 44.0. The molecule has 0 aromatic rings. The lowest BCUT2D eigenvalue weighted by Gasteiger charge is -2.05. The maximum Gasteiger partial charge on any atom is 0.153 e. The quantitative estimate of drug-likeness (QED) is 0.326. The highest BCUT2D eigenvalue weighted by Gasteiger charge is 2.19. The van der Waals surface area contributed by atoms with Gasteiger partial charge in [0.2, 0.25) is 0 Å². The molecule has 16 heavy (non-hydrogen) atoms. The SMILES string of the molecule is CS(=O)(=O)CC(=N\N)/C(CS(C)(=O)=O)=N\N. The Labute approximate surface area is 94.2 Å². The van der Waals surface area contributed by atoms with E-state index in [0.717, 1.165) is 12.5 Å². The highest BCUT2D eigenvalue weighted by atomic mass is 32.2. The first kappa shape index (κ1) is 14.8. The van der Waals surface area contributed by atoms with Crippen LogP contribution in [0.4, 0.5) is 0 Å². The second-order valence-corrected chi connectivity index (χ2v) is 7.57. The number of sulfone groups is 2. The van der Waals surface area contributed by atoms with Gasteiger partial charge in [0.1, 0.15) is 0 Å². The van der Waals surface area contributed by atoms with Crippen molar-refractivity contribution < 1.29 is 16.8 Å². The number of nitrogens with two attached hydrogens (primary N) is 2. The highest BCUT2D eigenvalue weighted by Crippen LogP contribution is 1.94. The van der Waals surface area contributed by atoms with Crippen LogP contribution in [0.3, 0.4) is 0 Å². The molecule has 0 aromatic heterocycles. The van der Waals surface area contributed by atoms with Crippen LogP contribution in [-0.4, -0.2) is 52.3 Å². The van der Waals surface area contributed by atoms with Gasteiger partial charge in [-0.2, -0.15) is 10.2 Å². The average molecular weight is 270 g/mol. The summed E-state index contributed by atoms with van der Waals surface area (Å²) in [5.41, 5.74) is -0.314. The van der Waals surface area contributed by atoms with E-state index in [-0.39, 0.29) is 11.4 Å². The second kappa shape index (κ2) is 5.25. The second-order valence-electron chi connectivity index (χ2n) is 3.29. The fraction of sp³-hybridized carbons (Fsp3) is 0.667. The van der Waals surface area contributed by atoms with E-state index < -0.39 is 31.2 Å². The minimum atomic E-state index is -3.39. The van der Waals surface area contributed by atoms with Gasteiger partial charge in [-0.25, -0.2) is 16.8 Å². The van der Waals surface area contributed by atoms with E-state index in [4.69, 9.17) is 11.7 Å². The molecule has 0 radical (unpaired) electrons. The van der Waals surface area contributed by atoms with E-state index in [1.54, 1.807) is 0 Å². The first-order chi connectivity index (χ1) is 7.09. The van der Waals surface area contributed by atoms with Crippen molar-refractivity contribution in [3.05, 3.63) is 0 Å². The van der Waals surface area contributed by atoms with E-state index >= 15 is 0 Å². The third kappa shape index (κ3) is 6.35. The van der Waals surface area contributed by atoms with Gasteiger partial charge in [0.25, 0.3) is 0 Å². The molecule has 0 saturated heterocycles. The van der Waals surface area contributed by atoms with Crippen LogP contribution in [0, 0.1) is 0 Å². The molecule has 0 unspecified atom stereocenters. The van der Waals surface area contributed by atoms with E-state index in [0.29, 0.717) is 0 Å². The van der Waals surface area contributed by atoms with Gasteiger partial charge in [0.15, 0.2) is 19.7 Å². The molecule has 4 N–H and O–H groups in total. The predicted molar refractivity (Wildman–Crippen MR) is 62.7 cm³/mol. The van der Waals surface area contributed by atoms with Crippen molar-refractivity contribution in [2.24, 2.45) is 21.9 Å². The van der Waals surface area contributed by atoms with Crippen LogP contribution in [-0.2, 0) is 19.7 Å². The lowest BCUT2D eigenvalue weighted by atomic mass is 10.3. The standard InChI is InChI=1S/C6H14N4O4S2/c1-15(11,12)3-5(9-7)6(10-8)4-16(2,13)14/h3-4,7-8H2,1-2H3/b9-5-,10-6+. The van der Waals surface area contributed by atoms with Crippen molar-refractivity contribution in [2.45, 2.75) is 0 Å². The van der Waals surface area contributed by atoms with Crippen molar-refractivity contribution in [3.63, 3.8) is 0 Å². The van der Waals surface area contributed by atoms with Gasteiger partial charge in [-0.3, -0.25) is 0 Å². The monoisotopic (exact) mass is 270 g/mol. The van der Waals surface area contributed by atoms with Crippen molar-refractivity contribution in [2.75, 3.05) is 24.0 Å². The molecule has 0 aromatic carbocycles. The van der Waals surface area contributed by atoms with E-state index in [1.807, 2.05) is 0 Å². The molecule has 0 heterocycles. The van der Waals surface area contributed by atoms with Crippen LogP contribution in [0.1, 0.15) is 0 Å². The zero-order chi connectivity index (χ0) is 13.0. The number of nitrogens with zero attached hydrogens (tertiary/aromatic N) is 2. The number of hydrogen-bond acceptors (Lipinski definition) is 8. The highest BCUT2D eigenvalue weighted by molar-refractivity contribution is 7.92. The molecule has 0 rings (SSSR count). The Kier molecular flexibility index (Phi) is 4.87. The Morgan fingerprint density at radius 2 is 1.12 bits per heavy atom. The van der Waals surface area contributed by atoms with Crippen molar-refractivity contribution >= 4 is 31.1 Å². The van der Waals surface area contributed by atoms with E-state index in [1.165, 1.54) is 0 Å². The third-order valence-electron chi connectivity index (χ3n) is 1.44. The maximum absolute atomic E-state index is 11.0. The van der Waals surface area contributed by atoms with Crippen LogP contribution >= 0.6 is 0 Å². The third-order valence-corrected chi connectivity index (χ3v) is 3.04. The van der Waals surface area contributed by atoms with Crippen LogP contribution in [0.25, 0.3) is 0 Å². The molecule has 0 spiro atoms. The Balaban J connectivity index is 5.12. The smallest absolute Gasteiger partial charge is 0.153 e. The summed E-state index contributed by atoms with van der Waals surface area (Å²) in [5.74, 6) is 8.93. The molecular weight excluding hydrogens is 256 g/mol. The normalized spacial score (nSPS) is 15.1. The molecule has 94 valence electrons. The number of hydrazone groups is 2. The Bertz CT molecular complexity index is 455. The van der Waals surface area contributed by atoms with E-state index in [2.05, 4.69) is 10.2 Å². The van der Waals surface area contributed by atoms with Gasteiger partial charge in [-0.1, -0.05) is 0 Å². The summed E-state index contributed by atoms with van der Waals surface area (Å²) in [6.45, 7) is 0. The number of hydrogen-bond donors (Lipinski definition) is 2. The first-order valence-corrected chi connectivity index (χ1v) is 8.10. The van der Waals surface area contributed by atoms with Crippen LogP contribution in [0.2, 0.25) is 0 Å². The Morgan fingerprint density at radius 3 is 1.25 bits per heavy atom. The van der Waals surface area contributed by atoms with Crippen LogP contribution in [0.5, 0.6) is 0 Å². The summed E-state index contributed by atoms with van der Waals surface area (Å²) in [6.07, 6.45) is 1.93. The molecule has 0 aliphatic heterocycles. The van der Waals surface area contributed by atoms with Gasteiger partial charge < -0.3 is 11.7 Å². The van der Waals surface area contributed by atoms with Gasteiger partial charge in [0.05, 0.1) is 22.9 Å². The molecule has 0 fully saturated rings. The molecule has 0 amide bonds. The molecule has 0 aliphatic rings. The Hall–Kier alpha value is -1.16. The minimum Gasteiger partial charge on any atom is -0.323 e. The molecule has 0 bridgehead atoms. The molecular formula is C6H14N4O4S2. The van der Waals surface area contributed by atoms with Crippen LogP contribution in [0.15, 0.2) is 10.2 Å². The Morgan fingerprint density at radius 1 is 0.875 bits per heavy atom. The van der Waals surface area contributed by atoms with Crippen molar-refractivity contribution in [1.29, 1.82) is 0 Å². The van der Waals surface area contributed by atoms with Gasteiger partial charge >= 0.3 is 0 Å². The molecule has 0 atom stereocenters. The van der Waals surface area contributed by atoms with Crippen LogP contribution < -0.4 is 11.7 Å². The van der Waals surface area contributed by atoms with Crippen molar-refractivity contribution in [1.82, 2.24) is 0 Å². The van der Waals surface area contributed by atoms with Gasteiger partial charge in [-0.05, 0) is 0 Å². The summed E-state index contributed by atoms with van der Waals surface area (Å²) in [5, 5.41) is 6.38. The number of rotatable bonds is 5. The zero-order valence-electron chi connectivity index (χ0n) is 8.91. The minimum absolute atomic E-state index is 0.157. The predicted octanol–water partition coefficient (Wildman–Crippen LogP) is -2.29. The lowest BCUT2D eigenvalue weighted by Crippen LogP contribution is -2.31. The zero-order valence-corrected chi connectivity index (χ0v) is 10.5. The summed E-state index contributed by atoms with van der Waals surface area (Å²) in [6, 6.07) is 0. The maximum atomic E-state index is 11.0. The van der Waals surface area contributed by atoms with E-state index in [9.17, 15) is 16.8 Å². The summed E-state index contributed by atoms with van der Waals surface area (Å²) >= 11 is 0. The lowest BCUT2D eigenvalue weighted by molar-refractivity contribution is 0.603. The molecule has 0 aliphatic carbocycles.